The quantitative estimate of drug-likeness (QED) is 0.482. The largest absolute Gasteiger partial charge is 0.459 e. The Morgan fingerprint density at radius 1 is 1.36 bits per heavy atom. The third kappa shape index (κ3) is 3.98. The predicted octanol–water partition coefficient (Wildman–Crippen LogP) is 5.23. The molecule has 0 aliphatic carbocycles. The van der Waals surface area contributed by atoms with E-state index < -0.39 is 35.3 Å². The van der Waals surface area contributed by atoms with Gasteiger partial charge >= 0.3 is 12.1 Å². The van der Waals surface area contributed by atoms with Gasteiger partial charge in [-0.1, -0.05) is 11.6 Å². The molecule has 0 atom stereocenters. The zero-order valence-electron chi connectivity index (χ0n) is 13.2. The minimum atomic E-state index is -4.66. The van der Waals surface area contributed by atoms with Crippen LogP contribution in [0.5, 0.6) is 0 Å². The van der Waals surface area contributed by atoms with Crippen molar-refractivity contribution >= 4 is 33.5 Å². The molecule has 25 heavy (non-hydrogen) atoms. The molecule has 0 aliphatic heterocycles. The molecule has 0 fully saturated rings. The average Bonchev–Trinajstić information content (AvgIpc) is 2.72. The van der Waals surface area contributed by atoms with E-state index in [2.05, 4.69) is 21.0 Å². The van der Waals surface area contributed by atoms with Gasteiger partial charge < -0.3 is 4.74 Å². The number of alkyl halides is 3. The molecule has 0 saturated carbocycles. The second-order valence-electron chi connectivity index (χ2n) is 5.40. The fourth-order valence-corrected chi connectivity index (χ4v) is 3.16. The topological polar surface area (TPSA) is 44.1 Å². The normalized spacial score (nSPS) is 11.9. The molecular weight excluding hydrogens is 432 g/mol. The van der Waals surface area contributed by atoms with E-state index >= 15 is 0 Å². The number of esters is 1. The Kier molecular flexibility index (Phi) is 5.48. The maximum Gasteiger partial charge on any atom is 0.434 e. The number of ether oxygens (including phenoxy) is 1. The monoisotopic (exact) mass is 442 g/mol. The number of hydrogen-bond acceptors (Lipinski definition) is 3. The predicted molar refractivity (Wildman–Crippen MR) is 86.9 cm³/mol. The van der Waals surface area contributed by atoms with Crippen molar-refractivity contribution in [1.29, 1.82) is 0 Å². The molecule has 2 rings (SSSR count). The number of hydrogen-bond donors (Lipinski definition) is 0. The summed E-state index contributed by atoms with van der Waals surface area (Å²) in [6, 6.07) is 1.86. The van der Waals surface area contributed by atoms with Crippen LogP contribution in [0.15, 0.2) is 16.6 Å². The van der Waals surface area contributed by atoms with E-state index in [9.17, 15) is 22.4 Å². The third-order valence-corrected chi connectivity index (χ3v) is 4.20. The van der Waals surface area contributed by atoms with Crippen molar-refractivity contribution in [1.82, 2.24) is 9.78 Å². The van der Waals surface area contributed by atoms with Crippen LogP contribution in [0, 0.1) is 5.82 Å². The zero-order chi connectivity index (χ0) is 19.1. The number of halogens is 6. The lowest BCUT2D eigenvalue weighted by Gasteiger charge is -2.11. The number of nitrogens with zero attached hydrogens (tertiary/aromatic N) is 2. The lowest BCUT2D eigenvalue weighted by Crippen LogP contribution is -2.13. The first-order valence-corrected chi connectivity index (χ1v) is 8.10. The highest BCUT2D eigenvalue weighted by molar-refractivity contribution is 9.10. The molecule has 0 spiro atoms. The smallest absolute Gasteiger partial charge is 0.434 e. The molecule has 4 nitrogen and oxygen atoms in total. The van der Waals surface area contributed by atoms with Crippen molar-refractivity contribution in [3.05, 3.63) is 38.7 Å². The second-order valence-corrected chi connectivity index (χ2v) is 6.60. The van der Waals surface area contributed by atoms with Gasteiger partial charge in [0, 0.05) is 12.6 Å². The van der Waals surface area contributed by atoms with Crippen LogP contribution in [0.25, 0.3) is 11.3 Å². The highest BCUT2D eigenvalue weighted by atomic mass is 79.9. The fourth-order valence-electron chi connectivity index (χ4n) is 2.14. The molecule has 1 aromatic carbocycles. The van der Waals surface area contributed by atoms with Crippen LogP contribution in [0.3, 0.4) is 0 Å². The lowest BCUT2D eigenvalue weighted by molar-refractivity contribution is -0.144. The lowest BCUT2D eigenvalue weighted by atomic mass is 10.1. The van der Waals surface area contributed by atoms with Crippen LogP contribution >= 0.6 is 27.5 Å². The molecule has 1 aromatic heterocycles. The minimum absolute atomic E-state index is 0.0308. The Bertz CT molecular complexity index is 834. The van der Waals surface area contributed by atoms with Gasteiger partial charge in [0.05, 0.1) is 21.2 Å². The molecule has 10 heteroatoms. The van der Waals surface area contributed by atoms with Crippen LogP contribution < -0.4 is 0 Å². The van der Waals surface area contributed by atoms with Crippen LogP contribution in [-0.2, 0) is 18.0 Å². The summed E-state index contributed by atoms with van der Waals surface area (Å²) in [6.07, 6.45) is -5.16. The molecular formula is C15H12BrClF4N2O2. The highest BCUT2D eigenvalue weighted by Crippen LogP contribution is 2.41. The first-order chi connectivity index (χ1) is 11.4. The Hall–Kier alpha value is -1.61. The van der Waals surface area contributed by atoms with Gasteiger partial charge in [0.1, 0.15) is 11.5 Å². The van der Waals surface area contributed by atoms with Gasteiger partial charge in [-0.2, -0.15) is 18.3 Å². The van der Waals surface area contributed by atoms with E-state index in [0.717, 1.165) is 19.2 Å². The van der Waals surface area contributed by atoms with Crippen LogP contribution in [0.4, 0.5) is 17.6 Å². The Morgan fingerprint density at radius 2 is 1.96 bits per heavy atom. The molecule has 0 amide bonds. The van der Waals surface area contributed by atoms with Crippen molar-refractivity contribution in [2.24, 2.45) is 7.05 Å². The zero-order valence-corrected chi connectivity index (χ0v) is 15.6. The van der Waals surface area contributed by atoms with E-state index in [0.29, 0.717) is 4.68 Å². The van der Waals surface area contributed by atoms with Crippen molar-refractivity contribution in [2.45, 2.75) is 26.1 Å². The number of carbonyl (C=O) groups excluding carboxylic acids is 1. The minimum Gasteiger partial charge on any atom is -0.459 e. The van der Waals surface area contributed by atoms with E-state index in [-0.39, 0.29) is 20.8 Å². The van der Waals surface area contributed by atoms with Gasteiger partial charge in [0.25, 0.3) is 0 Å². The number of rotatable bonds is 3. The SMILES string of the molecule is CC(C)OC(=O)c1cc(-c2nn(C)c(C(F)(F)F)c2Br)c(Cl)cc1F. The van der Waals surface area contributed by atoms with Crippen molar-refractivity contribution in [3.63, 3.8) is 0 Å². The maximum atomic E-state index is 14.0. The number of aryl methyl sites for hydroxylation is 1. The molecule has 1 heterocycles. The van der Waals surface area contributed by atoms with Gasteiger partial charge in [-0.3, -0.25) is 4.68 Å². The second kappa shape index (κ2) is 6.95. The summed E-state index contributed by atoms with van der Waals surface area (Å²) in [5.41, 5.74) is -1.68. The van der Waals surface area contributed by atoms with E-state index in [1.165, 1.54) is 0 Å². The molecule has 0 bridgehead atoms. The Balaban J connectivity index is 2.63. The number of carbonyl (C=O) groups is 1. The third-order valence-electron chi connectivity index (χ3n) is 3.13. The molecule has 2 aromatic rings. The summed E-state index contributed by atoms with van der Waals surface area (Å²) in [7, 11) is 1.11. The van der Waals surface area contributed by atoms with Gasteiger partial charge in [-0.15, -0.1) is 0 Å². The average molecular weight is 444 g/mol. The van der Waals surface area contributed by atoms with E-state index in [1.54, 1.807) is 13.8 Å². The number of aromatic nitrogens is 2. The van der Waals surface area contributed by atoms with Crippen molar-refractivity contribution in [3.8, 4) is 11.3 Å². The molecule has 0 saturated heterocycles. The molecule has 136 valence electrons. The van der Waals surface area contributed by atoms with Gasteiger partial charge in [0.15, 0.2) is 5.69 Å². The Labute approximate surface area is 153 Å². The van der Waals surface area contributed by atoms with Crippen LogP contribution in [-0.4, -0.2) is 21.9 Å². The van der Waals surface area contributed by atoms with Crippen LogP contribution in [0.1, 0.15) is 29.9 Å². The summed E-state index contributed by atoms with van der Waals surface area (Å²) >= 11 is 8.81. The summed E-state index contributed by atoms with van der Waals surface area (Å²) in [4.78, 5) is 12.0. The van der Waals surface area contributed by atoms with Gasteiger partial charge in [0.2, 0.25) is 0 Å². The van der Waals surface area contributed by atoms with E-state index in [4.69, 9.17) is 16.3 Å². The summed E-state index contributed by atoms with van der Waals surface area (Å²) in [6.45, 7) is 3.16. The van der Waals surface area contributed by atoms with Crippen molar-refractivity contribution in [2.75, 3.05) is 0 Å². The molecule has 0 radical (unpaired) electrons. The van der Waals surface area contributed by atoms with Gasteiger partial charge in [-0.05, 0) is 41.9 Å². The summed E-state index contributed by atoms with van der Waals surface area (Å²) in [5, 5.41) is 3.60. The first-order valence-electron chi connectivity index (χ1n) is 6.93. The standard InChI is InChI=1S/C15H12BrClF4N2O2/c1-6(2)25-14(24)8-4-7(9(17)5-10(8)18)12-11(16)13(15(19,20)21)23(3)22-12/h4-6H,1-3H3. The number of benzene rings is 1. The summed E-state index contributed by atoms with van der Waals surface area (Å²) in [5.74, 6) is -1.89. The van der Waals surface area contributed by atoms with Crippen molar-refractivity contribution < 1.29 is 27.1 Å². The first kappa shape index (κ1) is 19.7. The van der Waals surface area contributed by atoms with Gasteiger partial charge in [-0.25, -0.2) is 9.18 Å². The Morgan fingerprint density at radius 3 is 2.44 bits per heavy atom. The van der Waals surface area contributed by atoms with E-state index in [1.807, 2.05) is 0 Å². The molecule has 0 aliphatic rings. The molecule has 0 N–H and O–H groups in total. The fraction of sp³-hybridized carbons (Fsp3) is 0.333. The van der Waals surface area contributed by atoms with Crippen LogP contribution in [0.2, 0.25) is 5.02 Å². The summed E-state index contributed by atoms with van der Waals surface area (Å²) < 4.78 is 58.5. The highest BCUT2D eigenvalue weighted by Gasteiger charge is 2.39. The molecule has 0 unspecified atom stereocenters. The maximum absolute atomic E-state index is 14.0.